The first-order chi connectivity index (χ1) is 40.4. The van der Waals surface area contributed by atoms with Crippen LogP contribution in [0.3, 0.4) is 0 Å². The second kappa shape index (κ2) is 30.8. The Balaban J connectivity index is 0.000000195. The van der Waals surface area contributed by atoms with Crippen molar-refractivity contribution in [1.29, 1.82) is 10.5 Å². The molecule has 1 unspecified atom stereocenters. The number of allylic oxidation sites excluding steroid dienone is 1. The van der Waals surface area contributed by atoms with Crippen LogP contribution in [-0.4, -0.2) is 188 Å². The molecule has 17 heteroatoms. The zero-order valence-corrected chi connectivity index (χ0v) is 50.3. The highest BCUT2D eigenvalue weighted by atomic mass is 16.2. The molecule has 6 aromatic rings. The van der Waals surface area contributed by atoms with Crippen LogP contribution in [-0.2, 0) is 12.8 Å². The molecular weight excluding hydrogens is 1030 g/mol. The molecule has 0 saturated carbocycles. The van der Waals surface area contributed by atoms with E-state index in [9.17, 15) is 9.59 Å². The second-order valence-electron chi connectivity index (χ2n) is 22.4. The van der Waals surface area contributed by atoms with E-state index in [-0.39, 0.29) is 23.9 Å². The fraction of sp³-hybridized carbons (Fsp3) is 0.485. The molecule has 8 heterocycles. The van der Waals surface area contributed by atoms with Crippen LogP contribution < -0.4 is 5.32 Å². The SMILES string of the molecule is CC(CC#N)N1CC=C(c2cccn3nc(Cc4ccc(C(=O)N(C)C5CCN(C)CC5)cc4)nc23)CC1.CCN(CC)CC.CN(C(=O)c1ccc(Cc2nc3c(C4=CCNCC4)cccn3n2)cc1)C1CCN(CC/C=C/C#N)CC1. The lowest BCUT2D eigenvalue weighted by Crippen LogP contribution is -2.45. The quantitative estimate of drug-likeness (QED) is 0.0810. The number of likely N-dealkylation sites (tertiary alicyclic amines) is 2. The number of benzene rings is 2. The molecule has 438 valence electrons. The van der Waals surface area contributed by atoms with E-state index >= 15 is 0 Å². The molecule has 2 fully saturated rings. The molecule has 2 amide bonds. The summed E-state index contributed by atoms with van der Waals surface area (Å²) in [6.07, 6.45) is 20.4. The number of carbonyl (C=O) groups is 2. The van der Waals surface area contributed by atoms with Crippen molar-refractivity contribution in [2.24, 2.45) is 0 Å². The van der Waals surface area contributed by atoms with Gasteiger partial charge in [0.2, 0.25) is 0 Å². The van der Waals surface area contributed by atoms with Crippen LogP contribution in [0.5, 0.6) is 0 Å². The number of aromatic nitrogens is 6. The fourth-order valence-electron chi connectivity index (χ4n) is 11.6. The van der Waals surface area contributed by atoms with Crippen LogP contribution in [0.2, 0.25) is 0 Å². The summed E-state index contributed by atoms with van der Waals surface area (Å²) < 4.78 is 3.74. The van der Waals surface area contributed by atoms with Crippen molar-refractivity contribution in [1.82, 2.24) is 63.9 Å². The standard InChI is InChI=1S/C30H37N7O.C30H35N7O.C6H15N/c1-22(10-15-31)36-19-11-24(12-20-36)27-5-4-16-37-29(27)32-28(33-37)21-23-6-8-25(9-7-23)30(38)35(3)26-13-17-34(2)18-14-26;1-35(26-13-20-36(21-14-26)18-4-2-3-15-31)30(38)25-9-7-23(8-10-25)22-28-33-29-27(6-5-19-37(29)34-28)24-11-16-32-17-12-24;1-4-7(5-2)6-3/h4-9,11,16,22,26H,10,12-14,17-21H2,1-3H3;2-3,5-11,19,26,32H,4,12-14,16-18,20-22H2,1H3;4-6H2,1-3H3/b;3-2+;. The Kier molecular flexibility index (Phi) is 22.9. The van der Waals surface area contributed by atoms with Crippen LogP contribution in [0, 0.1) is 22.7 Å². The van der Waals surface area contributed by atoms with E-state index in [1.165, 1.54) is 30.8 Å². The molecule has 4 aliphatic heterocycles. The Morgan fingerprint density at radius 1 is 0.711 bits per heavy atom. The van der Waals surface area contributed by atoms with Gasteiger partial charge in [0.1, 0.15) is 0 Å². The zero-order valence-electron chi connectivity index (χ0n) is 50.3. The Bertz CT molecular complexity index is 3230. The van der Waals surface area contributed by atoms with Crippen molar-refractivity contribution < 1.29 is 9.59 Å². The number of hydrogen-bond acceptors (Lipinski definition) is 13. The lowest BCUT2D eigenvalue weighted by atomic mass is 9.99. The number of nitrogens with one attached hydrogen (secondary N) is 1. The molecule has 0 aliphatic carbocycles. The first kappa shape index (κ1) is 61.7. The summed E-state index contributed by atoms with van der Waals surface area (Å²) in [7, 11) is 5.98. The summed E-state index contributed by atoms with van der Waals surface area (Å²) in [5.74, 6) is 1.69. The number of rotatable bonds is 18. The van der Waals surface area contributed by atoms with Crippen molar-refractivity contribution in [2.75, 3.05) is 99.7 Å². The van der Waals surface area contributed by atoms with Gasteiger partial charge in [-0.3, -0.25) is 14.5 Å². The molecule has 2 saturated heterocycles. The number of fused-ring (bicyclic) bond motifs is 2. The van der Waals surface area contributed by atoms with Gasteiger partial charge in [-0.1, -0.05) is 63.3 Å². The van der Waals surface area contributed by atoms with Gasteiger partial charge in [0.25, 0.3) is 11.8 Å². The van der Waals surface area contributed by atoms with Crippen LogP contribution in [0.1, 0.15) is 134 Å². The predicted octanol–water partition coefficient (Wildman–Crippen LogP) is 8.93. The smallest absolute Gasteiger partial charge is 0.253 e. The number of carbonyl (C=O) groups excluding carboxylic acids is 2. The first-order valence-corrected chi connectivity index (χ1v) is 30.2. The molecule has 1 N–H and O–H groups in total. The molecule has 4 aliphatic rings. The van der Waals surface area contributed by atoms with Crippen LogP contribution >= 0.6 is 0 Å². The third-order valence-corrected chi connectivity index (χ3v) is 17.1. The minimum Gasteiger partial charge on any atom is -0.339 e. The molecule has 4 aromatic heterocycles. The molecule has 10 rings (SSSR count). The average Bonchev–Trinajstić information content (AvgIpc) is 4.16. The molecule has 0 spiro atoms. The van der Waals surface area contributed by atoms with Crippen molar-refractivity contribution >= 4 is 34.3 Å². The van der Waals surface area contributed by atoms with Crippen molar-refractivity contribution in [3.63, 3.8) is 0 Å². The number of pyridine rings is 2. The predicted molar refractivity (Wildman–Crippen MR) is 331 cm³/mol. The van der Waals surface area contributed by atoms with Gasteiger partial charge in [0.05, 0.1) is 18.6 Å². The summed E-state index contributed by atoms with van der Waals surface area (Å²) in [6.45, 7) is 20.9. The van der Waals surface area contributed by atoms with Gasteiger partial charge in [0.15, 0.2) is 22.9 Å². The van der Waals surface area contributed by atoms with Crippen molar-refractivity contribution in [3.05, 3.63) is 155 Å². The molecule has 17 nitrogen and oxygen atoms in total. The van der Waals surface area contributed by atoms with Gasteiger partial charge in [0, 0.05) is 125 Å². The summed E-state index contributed by atoms with van der Waals surface area (Å²) in [6, 6.07) is 29.2. The van der Waals surface area contributed by atoms with E-state index in [0.717, 1.165) is 155 Å². The summed E-state index contributed by atoms with van der Waals surface area (Å²) >= 11 is 0. The number of hydrogen-bond donors (Lipinski definition) is 1. The average molecular weight is 1120 g/mol. The highest BCUT2D eigenvalue weighted by molar-refractivity contribution is 5.95. The lowest BCUT2D eigenvalue weighted by Gasteiger charge is -2.36. The monoisotopic (exact) mass is 1120 g/mol. The summed E-state index contributed by atoms with van der Waals surface area (Å²) in [5, 5.41) is 30.4. The second-order valence-corrected chi connectivity index (χ2v) is 22.4. The highest BCUT2D eigenvalue weighted by Gasteiger charge is 2.28. The molecule has 0 bridgehead atoms. The van der Waals surface area contributed by atoms with Gasteiger partial charge in [-0.2, -0.15) is 20.7 Å². The maximum atomic E-state index is 13.2. The Morgan fingerprint density at radius 3 is 1.67 bits per heavy atom. The number of piperidine rings is 2. The van der Waals surface area contributed by atoms with E-state index in [4.69, 9.17) is 30.7 Å². The number of nitrogens with zero attached hydrogens (tertiary/aromatic N) is 14. The Hall–Kier alpha value is -7.38. The normalized spacial score (nSPS) is 17.0. The Labute approximate surface area is 492 Å². The Morgan fingerprint density at radius 2 is 1.23 bits per heavy atom. The molecular formula is C66H87N15O2. The van der Waals surface area contributed by atoms with Gasteiger partial charge in [-0.15, -0.1) is 0 Å². The molecule has 1 atom stereocenters. The first-order valence-electron chi connectivity index (χ1n) is 30.2. The maximum absolute atomic E-state index is 13.2. The molecule has 0 radical (unpaired) electrons. The fourth-order valence-corrected chi connectivity index (χ4v) is 11.6. The molecule has 83 heavy (non-hydrogen) atoms. The van der Waals surface area contributed by atoms with E-state index in [0.29, 0.717) is 30.9 Å². The van der Waals surface area contributed by atoms with Crippen molar-refractivity contribution in [2.45, 2.75) is 110 Å². The van der Waals surface area contributed by atoms with E-state index < -0.39 is 0 Å². The van der Waals surface area contributed by atoms with Gasteiger partial charge in [-0.05, 0) is 169 Å². The third kappa shape index (κ3) is 16.7. The molecule has 2 aromatic carbocycles. The van der Waals surface area contributed by atoms with Crippen LogP contribution in [0.4, 0.5) is 0 Å². The summed E-state index contributed by atoms with van der Waals surface area (Å²) in [5.41, 5.74) is 10.3. The highest BCUT2D eigenvalue weighted by Crippen LogP contribution is 2.28. The third-order valence-electron chi connectivity index (χ3n) is 17.1. The van der Waals surface area contributed by atoms with E-state index in [2.05, 4.69) is 90.0 Å². The van der Waals surface area contributed by atoms with Crippen molar-refractivity contribution in [3.8, 4) is 12.1 Å². The minimum atomic E-state index is 0.0673. The van der Waals surface area contributed by atoms with E-state index in [1.807, 2.05) is 118 Å². The van der Waals surface area contributed by atoms with Gasteiger partial charge >= 0.3 is 0 Å². The van der Waals surface area contributed by atoms with E-state index in [1.54, 1.807) is 6.08 Å². The topological polar surface area (TPSA) is 174 Å². The maximum Gasteiger partial charge on any atom is 0.253 e. The number of amides is 2. The largest absolute Gasteiger partial charge is 0.339 e. The zero-order chi connectivity index (χ0) is 58.7. The minimum absolute atomic E-state index is 0.0673. The lowest BCUT2D eigenvalue weighted by molar-refractivity contribution is 0.0641. The van der Waals surface area contributed by atoms with Crippen LogP contribution in [0.15, 0.2) is 109 Å². The van der Waals surface area contributed by atoms with Crippen LogP contribution in [0.25, 0.3) is 22.4 Å². The van der Waals surface area contributed by atoms with Gasteiger partial charge < -0.3 is 29.8 Å². The number of nitriles is 2. The van der Waals surface area contributed by atoms with Gasteiger partial charge in [-0.25, -0.2) is 19.0 Å². The summed E-state index contributed by atoms with van der Waals surface area (Å²) in [4.78, 5) is 49.3.